The number of hydrogen-bond donors (Lipinski definition) is 1. The molecule has 4 rings (SSSR count). The van der Waals surface area contributed by atoms with Gasteiger partial charge < -0.3 is 15.0 Å². The number of fused-ring (bicyclic) bond motifs is 1. The molecule has 1 aliphatic heterocycles. The smallest absolute Gasteiger partial charge is 0.409 e. The van der Waals surface area contributed by atoms with Crippen LogP contribution in [0.1, 0.15) is 58.2 Å². The van der Waals surface area contributed by atoms with Crippen LogP contribution in [0.25, 0.3) is 5.65 Å². The Bertz CT molecular complexity index is 1180. The summed E-state index contributed by atoms with van der Waals surface area (Å²) in [7, 11) is 0. The number of hydrogen-bond acceptors (Lipinski definition) is 5. The van der Waals surface area contributed by atoms with Crippen LogP contribution in [-0.2, 0) is 11.2 Å². The zero-order chi connectivity index (χ0) is 23.5. The zero-order valence-electron chi connectivity index (χ0n) is 19.7. The van der Waals surface area contributed by atoms with Crippen LogP contribution < -0.4 is 5.32 Å². The van der Waals surface area contributed by atoms with Crippen LogP contribution >= 0.6 is 0 Å². The number of piperidine rings is 1. The van der Waals surface area contributed by atoms with E-state index in [0.717, 1.165) is 23.4 Å². The van der Waals surface area contributed by atoms with Crippen LogP contribution in [0.3, 0.4) is 0 Å². The highest BCUT2D eigenvalue weighted by atomic mass is 16.6. The average Bonchev–Trinajstić information content (AvgIpc) is 3.22. The summed E-state index contributed by atoms with van der Waals surface area (Å²) in [5, 5.41) is 7.57. The number of nitrogens with zero attached hydrogens (tertiary/aromatic N) is 4. The summed E-state index contributed by atoms with van der Waals surface area (Å²) in [6, 6.07) is 8.33. The first kappa shape index (κ1) is 22.8. The lowest BCUT2D eigenvalue weighted by molar-refractivity contribution is 0.0861. The van der Waals surface area contributed by atoms with Crippen LogP contribution in [0, 0.1) is 20.8 Å². The van der Waals surface area contributed by atoms with Crippen molar-refractivity contribution in [3.05, 3.63) is 64.1 Å². The molecular weight excluding hydrogens is 418 g/mol. The normalized spacial score (nSPS) is 14.5. The quantitative estimate of drug-likeness (QED) is 0.643. The number of likely N-dealkylation sites (tertiary alicyclic amines) is 1. The Kier molecular flexibility index (Phi) is 6.62. The minimum absolute atomic E-state index is 0.000601. The first-order chi connectivity index (χ1) is 15.9. The predicted molar refractivity (Wildman–Crippen MR) is 126 cm³/mol. The van der Waals surface area contributed by atoms with Gasteiger partial charge in [-0.2, -0.15) is 5.10 Å². The van der Waals surface area contributed by atoms with Crippen LogP contribution in [0.4, 0.5) is 4.79 Å². The van der Waals surface area contributed by atoms with Gasteiger partial charge in [-0.25, -0.2) is 14.3 Å². The van der Waals surface area contributed by atoms with E-state index in [1.165, 1.54) is 11.1 Å². The second-order valence-electron chi connectivity index (χ2n) is 8.59. The minimum atomic E-state index is -0.290. The summed E-state index contributed by atoms with van der Waals surface area (Å²) in [6.45, 7) is 9.41. The fourth-order valence-electron chi connectivity index (χ4n) is 4.41. The first-order valence-corrected chi connectivity index (χ1v) is 11.5. The molecule has 1 saturated heterocycles. The third kappa shape index (κ3) is 4.69. The molecule has 0 saturated carbocycles. The van der Waals surface area contributed by atoms with E-state index in [1.807, 2.05) is 26.0 Å². The lowest BCUT2D eigenvalue weighted by Crippen LogP contribution is -2.46. The molecule has 0 aliphatic carbocycles. The molecule has 2 aromatic heterocycles. The topological polar surface area (TPSA) is 88.8 Å². The van der Waals surface area contributed by atoms with Crippen LogP contribution in [0.15, 0.2) is 30.5 Å². The number of amides is 2. The van der Waals surface area contributed by atoms with Gasteiger partial charge in [0, 0.05) is 36.9 Å². The summed E-state index contributed by atoms with van der Waals surface area (Å²) in [5.41, 5.74) is 6.55. The van der Waals surface area contributed by atoms with Gasteiger partial charge in [-0.3, -0.25) is 4.79 Å². The molecule has 1 aromatic carbocycles. The predicted octanol–water partition coefficient (Wildman–Crippen LogP) is 3.60. The molecule has 1 aliphatic rings. The minimum Gasteiger partial charge on any atom is -0.450 e. The molecule has 33 heavy (non-hydrogen) atoms. The Morgan fingerprint density at radius 1 is 1.15 bits per heavy atom. The maximum Gasteiger partial charge on any atom is 0.409 e. The fourth-order valence-corrected chi connectivity index (χ4v) is 4.41. The molecule has 0 atom stereocenters. The molecule has 0 spiro atoms. The Morgan fingerprint density at radius 2 is 1.88 bits per heavy atom. The van der Waals surface area contributed by atoms with E-state index in [9.17, 15) is 9.59 Å². The highest BCUT2D eigenvalue weighted by Crippen LogP contribution is 2.22. The highest BCUT2D eigenvalue weighted by Gasteiger charge is 2.26. The molecule has 1 fully saturated rings. The second kappa shape index (κ2) is 9.60. The largest absolute Gasteiger partial charge is 0.450 e. The molecule has 0 unspecified atom stereocenters. The van der Waals surface area contributed by atoms with E-state index in [1.54, 1.807) is 22.5 Å². The van der Waals surface area contributed by atoms with Crippen molar-refractivity contribution in [3.63, 3.8) is 0 Å². The van der Waals surface area contributed by atoms with Gasteiger partial charge in [-0.05, 0) is 57.2 Å². The number of nitrogens with one attached hydrogen (secondary N) is 1. The monoisotopic (exact) mass is 449 g/mol. The van der Waals surface area contributed by atoms with Gasteiger partial charge in [0.2, 0.25) is 0 Å². The van der Waals surface area contributed by atoms with Gasteiger partial charge >= 0.3 is 6.09 Å². The summed E-state index contributed by atoms with van der Waals surface area (Å²) in [4.78, 5) is 31.4. The van der Waals surface area contributed by atoms with Crippen molar-refractivity contribution < 1.29 is 14.3 Å². The van der Waals surface area contributed by atoms with Gasteiger partial charge in [-0.15, -0.1) is 0 Å². The highest BCUT2D eigenvalue weighted by molar-refractivity contribution is 5.99. The van der Waals surface area contributed by atoms with Gasteiger partial charge in [0.15, 0.2) is 5.65 Å². The number of ether oxygens (including phenoxy) is 1. The van der Waals surface area contributed by atoms with Crippen molar-refractivity contribution in [2.24, 2.45) is 0 Å². The SMILES string of the molecule is CCOC(=O)N1CCC(NC(=O)c2cnn3c(C)c(Cc4ccccc4C)c(C)nc23)CC1. The summed E-state index contributed by atoms with van der Waals surface area (Å²) in [6.07, 6.45) is 3.45. The molecule has 1 N–H and O–H groups in total. The molecule has 0 radical (unpaired) electrons. The molecule has 8 nitrogen and oxygen atoms in total. The van der Waals surface area contributed by atoms with Crippen molar-refractivity contribution in [1.29, 1.82) is 0 Å². The number of aryl methyl sites for hydroxylation is 3. The van der Waals surface area contributed by atoms with Gasteiger partial charge in [0.25, 0.3) is 5.91 Å². The maximum absolute atomic E-state index is 13.0. The second-order valence-corrected chi connectivity index (χ2v) is 8.59. The Morgan fingerprint density at radius 3 is 2.58 bits per heavy atom. The Labute approximate surface area is 193 Å². The summed E-state index contributed by atoms with van der Waals surface area (Å²) in [5.74, 6) is -0.183. The molecule has 8 heteroatoms. The van der Waals surface area contributed by atoms with Crippen molar-refractivity contribution in [1.82, 2.24) is 24.8 Å². The van der Waals surface area contributed by atoms with Gasteiger partial charge in [0.05, 0.1) is 12.8 Å². The molecule has 2 amide bonds. The number of aromatic nitrogens is 3. The molecular formula is C25H31N5O3. The summed E-state index contributed by atoms with van der Waals surface area (Å²) < 4.78 is 6.82. The Hall–Kier alpha value is -3.42. The van der Waals surface area contributed by atoms with Gasteiger partial charge in [0.1, 0.15) is 5.56 Å². The lowest BCUT2D eigenvalue weighted by atomic mass is 9.98. The molecule has 3 aromatic rings. The fraction of sp³-hybridized carbons (Fsp3) is 0.440. The van der Waals surface area contributed by atoms with E-state index >= 15 is 0 Å². The van der Waals surface area contributed by atoms with Crippen molar-refractivity contribution in [2.45, 2.75) is 53.0 Å². The molecule has 3 heterocycles. The Balaban J connectivity index is 1.50. The zero-order valence-corrected chi connectivity index (χ0v) is 19.7. The molecule has 0 bridgehead atoms. The van der Waals surface area contributed by atoms with Crippen LogP contribution in [0.5, 0.6) is 0 Å². The lowest BCUT2D eigenvalue weighted by Gasteiger charge is -2.31. The van der Waals surface area contributed by atoms with E-state index in [-0.39, 0.29) is 18.0 Å². The standard InChI is InChI=1S/C25H31N5O3/c1-5-33-25(32)29-12-10-20(11-13-29)28-24(31)22-15-26-30-18(4)21(17(3)27-23(22)30)14-19-9-7-6-8-16(19)2/h6-9,15,20H,5,10-14H2,1-4H3,(H,28,31). The number of carbonyl (C=O) groups is 2. The van der Waals surface area contributed by atoms with Crippen LogP contribution in [-0.4, -0.2) is 57.2 Å². The maximum atomic E-state index is 13.0. The van der Waals surface area contributed by atoms with Gasteiger partial charge in [-0.1, -0.05) is 24.3 Å². The first-order valence-electron chi connectivity index (χ1n) is 11.5. The van der Waals surface area contributed by atoms with Crippen molar-refractivity contribution in [2.75, 3.05) is 19.7 Å². The number of carbonyl (C=O) groups excluding carboxylic acids is 2. The summed E-state index contributed by atoms with van der Waals surface area (Å²) >= 11 is 0. The van der Waals surface area contributed by atoms with Crippen LogP contribution in [0.2, 0.25) is 0 Å². The van der Waals surface area contributed by atoms with E-state index in [0.29, 0.717) is 43.7 Å². The molecule has 174 valence electrons. The third-order valence-electron chi connectivity index (χ3n) is 6.44. The average molecular weight is 450 g/mol. The number of rotatable bonds is 5. The number of benzene rings is 1. The van der Waals surface area contributed by atoms with Crippen molar-refractivity contribution >= 4 is 17.6 Å². The van der Waals surface area contributed by atoms with E-state index in [2.05, 4.69) is 29.5 Å². The van der Waals surface area contributed by atoms with Crippen molar-refractivity contribution in [3.8, 4) is 0 Å². The van der Waals surface area contributed by atoms with E-state index < -0.39 is 0 Å². The van der Waals surface area contributed by atoms with E-state index in [4.69, 9.17) is 9.72 Å². The third-order valence-corrected chi connectivity index (χ3v) is 6.44.